The number of amides is 1. The van der Waals surface area contributed by atoms with Crippen LogP contribution in [0.3, 0.4) is 0 Å². The number of thioether (sulfide) groups is 1. The smallest absolute Gasteiger partial charge is 0.295 e. The van der Waals surface area contributed by atoms with Crippen LogP contribution in [0.1, 0.15) is 5.69 Å². The summed E-state index contributed by atoms with van der Waals surface area (Å²) < 4.78 is 10.4. The second-order valence-corrected chi connectivity index (χ2v) is 8.86. The fourth-order valence-electron chi connectivity index (χ4n) is 3.55. The van der Waals surface area contributed by atoms with E-state index >= 15 is 0 Å². The molecule has 0 radical (unpaired) electrons. The lowest BCUT2D eigenvalue weighted by Crippen LogP contribution is -2.23. The molecule has 0 bridgehead atoms. The number of ether oxygens (including phenoxy) is 1. The van der Waals surface area contributed by atoms with Gasteiger partial charge in [-0.1, -0.05) is 41.6 Å². The summed E-state index contributed by atoms with van der Waals surface area (Å²) in [6.45, 7) is 1.79. The summed E-state index contributed by atoms with van der Waals surface area (Å²) in [6.07, 6.45) is 0. The Morgan fingerprint density at radius 1 is 1.15 bits per heavy atom. The number of hydrogen-bond donors (Lipinski definition) is 1. The number of carbonyl (C=O) groups is 1. The summed E-state index contributed by atoms with van der Waals surface area (Å²) in [5, 5.41) is 12.3. The van der Waals surface area contributed by atoms with E-state index in [0.717, 1.165) is 5.69 Å². The van der Waals surface area contributed by atoms with E-state index in [1.54, 1.807) is 55.6 Å². The van der Waals surface area contributed by atoms with Crippen molar-refractivity contribution in [3.63, 3.8) is 0 Å². The molecule has 0 spiro atoms. The number of carbonyl (C=O) groups excluding carboxylic acids is 1. The number of aromatic nitrogens is 5. The van der Waals surface area contributed by atoms with Gasteiger partial charge in [-0.3, -0.25) is 14.3 Å². The van der Waals surface area contributed by atoms with Gasteiger partial charge in [0.05, 0.1) is 29.8 Å². The predicted molar refractivity (Wildman–Crippen MR) is 133 cm³/mol. The molecule has 0 saturated carbocycles. The molecule has 1 N–H and O–H groups in total. The minimum Gasteiger partial charge on any atom is -0.496 e. The molecule has 34 heavy (non-hydrogen) atoms. The number of benzene rings is 2. The molecule has 2 heterocycles. The molecule has 11 heteroatoms. The Balaban J connectivity index is 1.50. The lowest BCUT2D eigenvalue weighted by Gasteiger charge is -2.09. The van der Waals surface area contributed by atoms with Crippen molar-refractivity contribution in [2.45, 2.75) is 12.1 Å². The Morgan fingerprint density at radius 3 is 2.59 bits per heavy atom. The first-order valence-electron chi connectivity index (χ1n) is 10.3. The van der Waals surface area contributed by atoms with Crippen LogP contribution >= 0.6 is 23.4 Å². The van der Waals surface area contributed by atoms with Crippen molar-refractivity contribution < 1.29 is 9.53 Å². The van der Waals surface area contributed by atoms with E-state index in [1.165, 1.54) is 16.4 Å². The van der Waals surface area contributed by atoms with Crippen molar-refractivity contribution in [3.8, 4) is 22.8 Å². The van der Waals surface area contributed by atoms with Crippen LogP contribution in [0.2, 0.25) is 5.02 Å². The summed E-state index contributed by atoms with van der Waals surface area (Å²) in [5.74, 6) is 0.911. The third-order valence-electron chi connectivity index (χ3n) is 5.39. The number of hydrogen-bond acceptors (Lipinski definition) is 6. The van der Waals surface area contributed by atoms with E-state index in [0.29, 0.717) is 33.0 Å². The summed E-state index contributed by atoms with van der Waals surface area (Å²) >= 11 is 7.35. The summed E-state index contributed by atoms with van der Waals surface area (Å²) in [6, 6.07) is 14.5. The monoisotopic (exact) mass is 498 g/mol. The molecule has 2 aromatic heterocycles. The van der Waals surface area contributed by atoms with Crippen molar-refractivity contribution in [1.29, 1.82) is 0 Å². The zero-order valence-electron chi connectivity index (χ0n) is 19.1. The quantitative estimate of drug-likeness (QED) is 0.390. The highest BCUT2D eigenvalue weighted by atomic mass is 35.5. The third-order valence-corrected chi connectivity index (χ3v) is 6.64. The first kappa shape index (κ1) is 23.7. The fourth-order valence-corrected chi connectivity index (χ4v) is 4.43. The highest BCUT2D eigenvalue weighted by molar-refractivity contribution is 7.99. The molecule has 1 amide bonds. The molecule has 0 aliphatic rings. The topological polar surface area (TPSA) is 96.0 Å². The summed E-state index contributed by atoms with van der Waals surface area (Å²) in [7, 11) is 5.15. The number of anilines is 1. The lowest BCUT2D eigenvalue weighted by atomic mass is 10.2. The molecular formula is C23H23ClN6O3S. The van der Waals surface area contributed by atoms with Gasteiger partial charge in [0.15, 0.2) is 11.0 Å². The Bertz CT molecular complexity index is 1410. The molecule has 4 aromatic rings. The first-order valence-corrected chi connectivity index (χ1v) is 11.7. The average Bonchev–Trinajstić information content (AvgIpc) is 3.30. The molecule has 2 aromatic carbocycles. The van der Waals surface area contributed by atoms with Gasteiger partial charge in [-0.05, 0) is 37.3 Å². The zero-order valence-corrected chi connectivity index (χ0v) is 20.6. The number of nitrogens with one attached hydrogen (secondary N) is 1. The van der Waals surface area contributed by atoms with Crippen LogP contribution in [-0.4, -0.2) is 42.9 Å². The third kappa shape index (κ3) is 4.46. The van der Waals surface area contributed by atoms with Gasteiger partial charge in [0.1, 0.15) is 11.4 Å². The molecule has 9 nitrogen and oxygen atoms in total. The van der Waals surface area contributed by atoms with Crippen molar-refractivity contribution in [1.82, 2.24) is 24.1 Å². The van der Waals surface area contributed by atoms with E-state index in [1.807, 2.05) is 30.3 Å². The largest absolute Gasteiger partial charge is 0.496 e. The summed E-state index contributed by atoms with van der Waals surface area (Å²) in [4.78, 5) is 25.7. The van der Waals surface area contributed by atoms with Crippen LogP contribution in [0, 0.1) is 6.92 Å². The lowest BCUT2D eigenvalue weighted by molar-refractivity contribution is -0.113. The second-order valence-electron chi connectivity index (χ2n) is 7.48. The average molecular weight is 499 g/mol. The van der Waals surface area contributed by atoms with Crippen molar-refractivity contribution in [3.05, 3.63) is 69.6 Å². The zero-order chi connectivity index (χ0) is 24.4. The van der Waals surface area contributed by atoms with Crippen LogP contribution in [0.25, 0.3) is 17.1 Å². The van der Waals surface area contributed by atoms with Gasteiger partial charge in [0, 0.05) is 19.1 Å². The molecule has 176 valence electrons. The molecule has 0 fully saturated rings. The van der Waals surface area contributed by atoms with Gasteiger partial charge in [0.25, 0.3) is 5.56 Å². The number of para-hydroxylation sites is 1. The normalized spacial score (nSPS) is 11.0. The predicted octanol–water partition coefficient (Wildman–Crippen LogP) is 3.67. The van der Waals surface area contributed by atoms with Gasteiger partial charge in [-0.15, -0.1) is 10.2 Å². The standard InChI is InChI=1S/C23H23ClN6O3S/c1-14-20(22(32)30(29(14)3)16-8-6-5-7-9-16)25-19(31)13-34-23-27-26-21(28(23)2)17-12-15(24)10-11-18(17)33-4/h5-12H,13H2,1-4H3,(H,25,31). The van der Waals surface area contributed by atoms with Gasteiger partial charge < -0.3 is 14.6 Å². The maximum absolute atomic E-state index is 13.0. The fraction of sp³-hybridized carbons (Fsp3) is 0.217. The minimum absolute atomic E-state index is 0.0533. The number of halogens is 1. The number of rotatable bonds is 7. The number of nitrogens with zero attached hydrogens (tertiary/aromatic N) is 5. The Labute approximate surface area is 205 Å². The maximum Gasteiger partial charge on any atom is 0.295 e. The molecule has 0 saturated heterocycles. The molecule has 0 aliphatic heterocycles. The van der Waals surface area contributed by atoms with Crippen molar-refractivity contribution in [2.24, 2.45) is 14.1 Å². The van der Waals surface area contributed by atoms with Crippen LogP contribution < -0.4 is 15.6 Å². The van der Waals surface area contributed by atoms with Crippen LogP contribution in [0.15, 0.2) is 58.5 Å². The number of methoxy groups -OCH3 is 1. The highest BCUT2D eigenvalue weighted by Gasteiger charge is 2.20. The van der Waals surface area contributed by atoms with Crippen molar-refractivity contribution >= 4 is 35.0 Å². The molecule has 0 unspecified atom stereocenters. The van der Waals surface area contributed by atoms with E-state index in [4.69, 9.17) is 16.3 Å². The van der Waals surface area contributed by atoms with Gasteiger partial charge in [0.2, 0.25) is 5.91 Å². The Kier molecular flexibility index (Phi) is 6.80. The van der Waals surface area contributed by atoms with E-state index < -0.39 is 0 Å². The first-order chi connectivity index (χ1) is 16.3. The van der Waals surface area contributed by atoms with Gasteiger partial charge >= 0.3 is 0 Å². The summed E-state index contributed by atoms with van der Waals surface area (Å²) in [5.41, 5.74) is 2.03. The van der Waals surface area contributed by atoms with E-state index in [-0.39, 0.29) is 22.9 Å². The molecule has 0 atom stereocenters. The Hall–Kier alpha value is -3.50. The van der Waals surface area contributed by atoms with Crippen LogP contribution in [-0.2, 0) is 18.9 Å². The van der Waals surface area contributed by atoms with Gasteiger partial charge in [-0.25, -0.2) is 4.68 Å². The van der Waals surface area contributed by atoms with E-state index in [9.17, 15) is 9.59 Å². The van der Waals surface area contributed by atoms with Crippen LogP contribution in [0.5, 0.6) is 5.75 Å². The second kappa shape index (κ2) is 9.78. The molecular weight excluding hydrogens is 476 g/mol. The minimum atomic E-state index is -0.319. The molecule has 0 aliphatic carbocycles. The van der Waals surface area contributed by atoms with Crippen LogP contribution in [0.4, 0.5) is 5.69 Å². The van der Waals surface area contributed by atoms with Crippen molar-refractivity contribution in [2.75, 3.05) is 18.2 Å². The van der Waals surface area contributed by atoms with E-state index in [2.05, 4.69) is 15.5 Å². The maximum atomic E-state index is 13.0. The van der Waals surface area contributed by atoms with Gasteiger partial charge in [-0.2, -0.15) is 0 Å². The molecule has 4 rings (SSSR count). The SMILES string of the molecule is COc1ccc(Cl)cc1-c1nnc(SCC(=O)Nc2c(C)n(C)n(-c3ccccc3)c2=O)n1C. The highest BCUT2D eigenvalue weighted by Crippen LogP contribution is 2.32. The Morgan fingerprint density at radius 2 is 1.88 bits per heavy atom.